The van der Waals surface area contributed by atoms with E-state index in [0.29, 0.717) is 5.75 Å². The lowest BCUT2D eigenvalue weighted by atomic mass is 9.98. The zero-order valence-electron chi connectivity index (χ0n) is 12.9. The van der Waals surface area contributed by atoms with Gasteiger partial charge in [0.25, 0.3) is 6.73 Å². The van der Waals surface area contributed by atoms with Crippen LogP contribution in [0.5, 0.6) is 5.75 Å². The van der Waals surface area contributed by atoms with E-state index in [0.717, 1.165) is 0 Å². The van der Waals surface area contributed by atoms with Crippen LogP contribution in [0.2, 0.25) is 0 Å². The average molecular weight is 317 g/mol. The molecule has 118 valence electrons. The van der Waals surface area contributed by atoms with Crippen LogP contribution in [0.25, 0.3) is 0 Å². The minimum absolute atomic E-state index is 0. The van der Waals surface area contributed by atoms with Gasteiger partial charge in [-0.05, 0) is 26.8 Å². The minimum Gasteiger partial charge on any atom is -1.00 e. The Bertz CT molecular complexity index is 498. The number of carbonyl (C=O) groups is 2. The first-order valence-corrected chi connectivity index (χ1v) is 6.25. The zero-order valence-corrected chi connectivity index (χ0v) is 13.7. The summed E-state index contributed by atoms with van der Waals surface area (Å²) < 4.78 is 11.9. The van der Waals surface area contributed by atoms with Crippen molar-refractivity contribution >= 4 is 12.1 Å². The Morgan fingerprint density at radius 2 is 1.90 bits per heavy atom. The molecule has 0 atom stereocenters. The molecule has 1 amide bonds. The Morgan fingerprint density at radius 1 is 1.29 bits per heavy atom. The summed E-state index contributed by atoms with van der Waals surface area (Å²) in [5.41, 5.74) is -0.546. The topological polar surface area (TPSA) is 59.7 Å². The van der Waals surface area contributed by atoms with Crippen LogP contribution >= 0.6 is 0 Å². The molecule has 1 aromatic heterocycles. The van der Waals surface area contributed by atoms with Gasteiger partial charge in [0.1, 0.15) is 0 Å². The molecule has 0 spiro atoms. The van der Waals surface area contributed by atoms with Gasteiger partial charge in [-0.25, -0.2) is 4.79 Å². The standard InChI is InChI=1S/C14H21N2O4.ClH/c1-14(2,3)12(17)19-10-16-8-6-7-11(9-16)20-13(18)15(4)5;/h6-9H,10H2,1-5H3;1H/q+1;/p-1. The minimum atomic E-state index is -0.546. The van der Waals surface area contributed by atoms with Crippen molar-refractivity contribution < 1.29 is 36.0 Å². The number of halogens is 1. The fraction of sp³-hybridized carbons (Fsp3) is 0.500. The number of rotatable bonds is 3. The monoisotopic (exact) mass is 316 g/mol. The number of pyridine rings is 1. The second kappa shape index (κ2) is 7.83. The van der Waals surface area contributed by atoms with Crippen LogP contribution in [-0.4, -0.2) is 31.1 Å². The van der Waals surface area contributed by atoms with Crippen LogP contribution < -0.4 is 21.7 Å². The van der Waals surface area contributed by atoms with Gasteiger partial charge in [0.05, 0.1) is 5.41 Å². The van der Waals surface area contributed by atoms with Crippen molar-refractivity contribution in [3.8, 4) is 5.75 Å². The molecule has 6 nitrogen and oxygen atoms in total. The van der Waals surface area contributed by atoms with Gasteiger partial charge in [-0.3, -0.25) is 4.79 Å². The van der Waals surface area contributed by atoms with Gasteiger partial charge in [-0.2, -0.15) is 4.57 Å². The van der Waals surface area contributed by atoms with Crippen molar-refractivity contribution in [2.75, 3.05) is 14.1 Å². The van der Waals surface area contributed by atoms with Crippen molar-refractivity contribution in [3.63, 3.8) is 0 Å². The highest BCUT2D eigenvalue weighted by Crippen LogP contribution is 2.15. The lowest BCUT2D eigenvalue weighted by Gasteiger charge is -2.14. The van der Waals surface area contributed by atoms with Crippen LogP contribution in [-0.2, 0) is 16.3 Å². The van der Waals surface area contributed by atoms with Gasteiger partial charge in [0.15, 0.2) is 11.9 Å². The normalized spacial score (nSPS) is 10.3. The lowest BCUT2D eigenvalue weighted by Crippen LogP contribution is -3.00. The van der Waals surface area contributed by atoms with Crippen molar-refractivity contribution in [1.82, 2.24) is 4.90 Å². The predicted octanol–water partition coefficient (Wildman–Crippen LogP) is -1.41. The first-order chi connectivity index (χ1) is 9.20. The molecule has 0 saturated carbocycles. The van der Waals surface area contributed by atoms with Gasteiger partial charge in [-0.1, -0.05) is 0 Å². The van der Waals surface area contributed by atoms with Crippen molar-refractivity contribution in [3.05, 3.63) is 24.5 Å². The molecule has 0 aliphatic carbocycles. The van der Waals surface area contributed by atoms with Crippen molar-refractivity contribution in [2.24, 2.45) is 5.41 Å². The highest BCUT2D eigenvalue weighted by atomic mass is 35.5. The van der Waals surface area contributed by atoms with Crippen LogP contribution in [0.15, 0.2) is 24.5 Å². The highest BCUT2D eigenvalue weighted by molar-refractivity contribution is 5.75. The summed E-state index contributed by atoms with van der Waals surface area (Å²) in [6.07, 6.45) is 2.86. The molecule has 0 saturated heterocycles. The van der Waals surface area contributed by atoms with Crippen LogP contribution in [0.1, 0.15) is 20.8 Å². The van der Waals surface area contributed by atoms with E-state index in [4.69, 9.17) is 9.47 Å². The molecular weight excluding hydrogens is 296 g/mol. The number of amides is 1. The van der Waals surface area contributed by atoms with Gasteiger partial charge in [0.2, 0.25) is 6.20 Å². The Kier molecular flexibility index (Phi) is 7.15. The van der Waals surface area contributed by atoms with E-state index in [1.807, 2.05) is 0 Å². The molecule has 0 N–H and O–H groups in total. The molecule has 21 heavy (non-hydrogen) atoms. The zero-order chi connectivity index (χ0) is 15.3. The van der Waals surface area contributed by atoms with E-state index in [2.05, 4.69) is 0 Å². The van der Waals surface area contributed by atoms with E-state index in [1.165, 1.54) is 4.90 Å². The third-order valence-corrected chi connectivity index (χ3v) is 2.36. The Labute approximate surface area is 131 Å². The molecule has 0 aliphatic rings. The second-order valence-corrected chi connectivity index (χ2v) is 5.63. The summed E-state index contributed by atoms with van der Waals surface area (Å²) in [5.74, 6) is 0.0960. The maximum absolute atomic E-state index is 11.7. The van der Waals surface area contributed by atoms with Crippen LogP contribution in [0.3, 0.4) is 0 Å². The number of aromatic nitrogens is 1. The number of hydrogen-bond acceptors (Lipinski definition) is 4. The molecule has 0 aliphatic heterocycles. The quantitative estimate of drug-likeness (QED) is 0.507. The van der Waals surface area contributed by atoms with E-state index in [-0.39, 0.29) is 25.1 Å². The van der Waals surface area contributed by atoms with Gasteiger partial charge in [-0.15, -0.1) is 0 Å². The summed E-state index contributed by atoms with van der Waals surface area (Å²) in [7, 11) is 3.20. The number of hydrogen-bond donors (Lipinski definition) is 0. The fourth-order valence-electron chi connectivity index (χ4n) is 1.18. The average Bonchev–Trinajstić information content (AvgIpc) is 2.35. The molecule has 0 bridgehead atoms. The molecule has 0 fully saturated rings. The Balaban J connectivity index is 0.00000400. The Morgan fingerprint density at radius 3 is 2.43 bits per heavy atom. The van der Waals surface area contributed by atoms with Crippen LogP contribution in [0.4, 0.5) is 4.79 Å². The molecule has 1 heterocycles. The van der Waals surface area contributed by atoms with E-state index in [9.17, 15) is 9.59 Å². The fourth-order valence-corrected chi connectivity index (χ4v) is 1.18. The molecule has 0 aromatic carbocycles. The smallest absolute Gasteiger partial charge is 0.414 e. The molecule has 7 heteroatoms. The number of esters is 1. The highest BCUT2D eigenvalue weighted by Gasteiger charge is 2.24. The van der Waals surface area contributed by atoms with Crippen molar-refractivity contribution in [1.29, 1.82) is 0 Å². The third kappa shape index (κ3) is 6.44. The SMILES string of the molecule is CN(C)C(=O)Oc1ccc[n+](COC(=O)C(C)(C)C)c1.[Cl-]. The summed E-state index contributed by atoms with van der Waals surface area (Å²) in [6, 6.07) is 3.37. The summed E-state index contributed by atoms with van der Waals surface area (Å²) in [5, 5.41) is 0. The number of ether oxygens (including phenoxy) is 2. The molecule has 0 radical (unpaired) electrons. The predicted molar refractivity (Wildman–Crippen MR) is 71.9 cm³/mol. The van der Waals surface area contributed by atoms with Crippen molar-refractivity contribution in [2.45, 2.75) is 27.5 Å². The molecule has 0 unspecified atom stereocenters. The Hall–Kier alpha value is -1.82. The molecule has 1 aromatic rings. The van der Waals surface area contributed by atoms with Gasteiger partial charge in [0, 0.05) is 20.2 Å². The third-order valence-electron chi connectivity index (χ3n) is 2.36. The summed E-state index contributed by atoms with van der Waals surface area (Å²) >= 11 is 0. The van der Waals surface area contributed by atoms with E-state index in [1.54, 1.807) is 64.0 Å². The largest absolute Gasteiger partial charge is 1.00 e. The van der Waals surface area contributed by atoms with Crippen LogP contribution in [0, 0.1) is 5.41 Å². The number of carbonyl (C=O) groups excluding carboxylic acids is 2. The second-order valence-electron chi connectivity index (χ2n) is 5.63. The summed E-state index contributed by atoms with van der Waals surface area (Å²) in [6.45, 7) is 5.43. The molecule has 1 rings (SSSR count). The number of nitrogens with zero attached hydrogens (tertiary/aromatic N) is 2. The first-order valence-electron chi connectivity index (χ1n) is 6.25. The summed E-state index contributed by atoms with van der Waals surface area (Å²) in [4.78, 5) is 24.4. The maximum atomic E-state index is 11.7. The lowest BCUT2D eigenvalue weighted by molar-refractivity contribution is -0.728. The van der Waals surface area contributed by atoms with E-state index >= 15 is 0 Å². The van der Waals surface area contributed by atoms with E-state index < -0.39 is 11.5 Å². The van der Waals surface area contributed by atoms with Gasteiger partial charge >= 0.3 is 12.1 Å². The first kappa shape index (κ1) is 19.2. The maximum Gasteiger partial charge on any atom is 0.414 e. The molecular formula is C14H21ClN2O4. The van der Waals surface area contributed by atoms with Gasteiger partial charge < -0.3 is 26.8 Å².